The third-order valence-corrected chi connectivity index (χ3v) is 4.97. The molecule has 3 aromatic rings. The summed E-state index contributed by atoms with van der Waals surface area (Å²) < 4.78 is 6.22. The Morgan fingerprint density at radius 1 is 1.00 bits per heavy atom. The van der Waals surface area contributed by atoms with E-state index in [1.165, 1.54) is 27.1 Å². The van der Waals surface area contributed by atoms with Crippen LogP contribution in [0.25, 0.3) is 21.5 Å². The molecule has 1 nitrogen and oxygen atoms in total. The quantitative estimate of drug-likeness (QED) is 0.435. The molecule has 0 aliphatic rings. The maximum absolute atomic E-state index is 6.22. The van der Waals surface area contributed by atoms with Gasteiger partial charge in [-0.1, -0.05) is 43.3 Å². The Balaban J connectivity index is 2.16. The predicted octanol–water partition coefficient (Wildman–Crippen LogP) is 6.33. The van der Waals surface area contributed by atoms with Crippen LogP contribution in [0.2, 0.25) is 0 Å². The Labute approximate surface area is 144 Å². The minimum absolute atomic E-state index is 0.243. The summed E-state index contributed by atoms with van der Waals surface area (Å²) in [6.07, 6.45) is 1.26. The van der Waals surface area contributed by atoms with Gasteiger partial charge in [-0.3, -0.25) is 0 Å². The lowest BCUT2D eigenvalue weighted by Crippen LogP contribution is -2.26. The van der Waals surface area contributed by atoms with E-state index in [-0.39, 0.29) is 11.7 Å². The van der Waals surface area contributed by atoms with Crippen molar-refractivity contribution in [1.29, 1.82) is 0 Å². The third-order valence-electron chi connectivity index (χ3n) is 4.60. The number of thiol groups is 1. The average molecular weight is 324 g/mol. The Morgan fingerprint density at radius 2 is 1.74 bits per heavy atom. The molecular weight excluding hydrogens is 300 g/mol. The van der Waals surface area contributed by atoms with E-state index < -0.39 is 0 Å². The molecule has 0 saturated heterocycles. The van der Waals surface area contributed by atoms with Gasteiger partial charge >= 0.3 is 0 Å². The van der Waals surface area contributed by atoms with Crippen LogP contribution in [-0.2, 0) is 10.3 Å². The molecular formula is C21H24OS. The number of rotatable bonds is 4. The lowest BCUT2D eigenvalue weighted by Gasteiger charge is -2.30. The van der Waals surface area contributed by atoms with Crippen LogP contribution in [0, 0.1) is 0 Å². The fraction of sp³-hybridized carbons (Fsp3) is 0.333. The van der Waals surface area contributed by atoms with Crippen LogP contribution in [0.4, 0.5) is 0 Å². The highest BCUT2D eigenvalue weighted by atomic mass is 32.1. The van der Waals surface area contributed by atoms with E-state index in [1.807, 2.05) is 0 Å². The zero-order valence-electron chi connectivity index (χ0n) is 14.3. The molecule has 1 atom stereocenters. The normalized spacial score (nSPS) is 13.6. The highest BCUT2D eigenvalue weighted by Gasteiger charge is 2.24. The van der Waals surface area contributed by atoms with Crippen molar-refractivity contribution in [2.24, 2.45) is 0 Å². The van der Waals surface area contributed by atoms with E-state index >= 15 is 0 Å². The van der Waals surface area contributed by atoms with Gasteiger partial charge in [0.05, 0.1) is 11.7 Å². The molecule has 2 heteroatoms. The van der Waals surface area contributed by atoms with Crippen molar-refractivity contribution < 1.29 is 4.74 Å². The van der Waals surface area contributed by atoms with Gasteiger partial charge in [-0.15, -0.1) is 12.6 Å². The predicted molar refractivity (Wildman–Crippen MR) is 103 cm³/mol. The molecule has 0 aliphatic carbocycles. The van der Waals surface area contributed by atoms with Crippen LogP contribution < -0.4 is 0 Å². The molecule has 0 heterocycles. The van der Waals surface area contributed by atoms with Gasteiger partial charge < -0.3 is 4.74 Å². The van der Waals surface area contributed by atoms with E-state index in [2.05, 4.69) is 76.2 Å². The second kappa shape index (κ2) is 6.18. The summed E-state index contributed by atoms with van der Waals surface area (Å²) in [5, 5.41) is 4.93. The van der Waals surface area contributed by atoms with Crippen molar-refractivity contribution in [3.05, 3.63) is 54.1 Å². The van der Waals surface area contributed by atoms with Crippen LogP contribution in [-0.4, -0.2) is 6.10 Å². The van der Waals surface area contributed by atoms with Crippen molar-refractivity contribution in [2.45, 2.75) is 50.7 Å². The number of benzene rings is 3. The molecule has 0 fully saturated rings. The Hall–Kier alpha value is -1.51. The molecule has 0 aliphatic heterocycles. The zero-order valence-corrected chi connectivity index (χ0v) is 15.2. The number of hydrogen-bond donors (Lipinski definition) is 1. The molecule has 0 amide bonds. The summed E-state index contributed by atoms with van der Waals surface area (Å²) >= 11 is 4.72. The van der Waals surface area contributed by atoms with Gasteiger partial charge in [0.2, 0.25) is 0 Å². The summed E-state index contributed by atoms with van der Waals surface area (Å²) in [6, 6.07) is 17.2. The van der Waals surface area contributed by atoms with E-state index in [4.69, 9.17) is 17.4 Å². The summed E-state index contributed by atoms with van der Waals surface area (Å²) in [5.41, 5.74) is 0.881. The minimum atomic E-state index is -0.310. The maximum atomic E-state index is 6.22. The second-order valence-electron chi connectivity index (χ2n) is 6.72. The fourth-order valence-electron chi connectivity index (χ4n) is 3.11. The van der Waals surface area contributed by atoms with Crippen molar-refractivity contribution in [3.8, 4) is 0 Å². The van der Waals surface area contributed by atoms with E-state index in [0.29, 0.717) is 0 Å². The first-order valence-corrected chi connectivity index (χ1v) is 8.70. The van der Waals surface area contributed by atoms with Gasteiger partial charge in [-0.25, -0.2) is 0 Å². The summed E-state index contributed by atoms with van der Waals surface area (Å²) in [6.45, 7) is 8.55. The average Bonchev–Trinajstić information content (AvgIpc) is 2.54. The molecule has 23 heavy (non-hydrogen) atoms. The number of ether oxygens (including phenoxy) is 1. The molecule has 0 spiro atoms. The molecule has 0 bridgehead atoms. The standard InChI is InChI=1S/C21H24OS/c1-5-14(2)22-21(3,4)16-10-11-18-17-9-7-6-8-15(17)12-20(23)19(18)13-16/h6-14,23H,5H2,1-4H3. The smallest absolute Gasteiger partial charge is 0.0879 e. The van der Waals surface area contributed by atoms with Gasteiger partial charge in [-0.05, 0) is 66.4 Å². The zero-order chi connectivity index (χ0) is 16.6. The molecule has 0 radical (unpaired) electrons. The number of hydrogen-bond acceptors (Lipinski definition) is 2. The molecule has 0 aromatic heterocycles. The van der Waals surface area contributed by atoms with Crippen molar-refractivity contribution in [1.82, 2.24) is 0 Å². The highest BCUT2D eigenvalue weighted by Crippen LogP contribution is 2.35. The van der Waals surface area contributed by atoms with Crippen LogP contribution in [0.1, 0.15) is 39.7 Å². The molecule has 3 aromatic carbocycles. The van der Waals surface area contributed by atoms with Crippen LogP contribution >= 0.6 is 12.6 Å². The number of fused-ring (bicyclic) bond motifs is 3. The van der Waals surface area contributed by atoms with Crippen LogP contribution in [0.3, 0.4) is 0 Å². The first-order valence-electron chi connectivity index (χ1n) is 8.25. The van der Waals surface area contributed by atoms with E-state index in [9.17, 15) is 0 Å². The van der Waals surface area contributed by atoms with Crippen LogP contribution in [0.15, 0.2) is 53.4 Å². The van der Waals surface area contributed by atoms with E-state index in [0.717, 1.165) is 11.3 Å². The highest BCUT2D eigenvalue weighted by molar-refractivity contribution is 7.80. The summed E-state index contributed by atoms with van der Waals surface area (Å²) in [4.78, 5) is 1.01. The van der Waals surface area contributed by atoms with Crippen molar-refractivity contribution in [3.63, 3.8) is 0 Å². The molecule has 0 N–H and O–H groups in total. The Bertz CT molecular complexity index is 851. The fourth-order valence-corrected chi connectivity index (χ4v) is 3.44. The first-order chi connectivity index (χ1) is 10.9. The van der Waals surface area contributed by atoms with Gasteiger partial charge in [0.25, 0.3) is 0 Å². The SMILES string of the molecule is CCC(C)OC(C)(C)c1ccc2c(c1)c(S)cc1ccccc12. The lowest BCUT2D eigenvalue weighted by atomic mass is 9.93. The molecule has 3 rings (SSSR count). The van der Waals surface area contributed by atoms with Crippen molar-refractivity contribution in [2.75, 3.05) is 0 Å². The van der Waals surface area contributed by atoms with Gasteiger partial charge in [-0.2, -0.15) is 0 Å². The summed E-state index contributed by atoms with van der Waals surface area (Å²) in [7, 11) is 0. The third kappa shape index (κ3) is 3.11. The Kier molecular flexibility index (Phi) is 4.39. The molecule has 0 saturated carbocycles. The maximum Gasteiger partial charge on any atom is 0.0879 e. The van der Waals surface area contributed by atoms with Gasteiger partial charge in [0.1, 0.15) is 0 Å². The lowest BCUT2D eigenvalue weighted by molar-refractivity contribution is -0.0691. The first kappa shape index (κ1) is 16.4. The topological polar surface area (TPSA) is 9.23 Å². The monoisotopic (exact) mass is 324 g/mol. The van der Waals surface area contributed by atoms with Gasteiger partial charge in [0.15, 0.2) is 0 Å². The van der Waals surface area contributed by atoms with Crippen LogP contribution in [0.5, 0.6) is 0 Å². The van der Waals surface area contributed by atoms with Crippen molar-refractivity contribution >= 4 is 34.2 Å². The van der Waals surface area contributed by atoms with E-state index in [1.54, 1.807) is 0 Å². The minimum Gasteiger partial charge on any atom is -0.368 e. The molecule has 1 unspecified atom stereocenters. The largest absolute Gasteiger partial charge is 0.368 e. The van der Waals surface area contributed by atoms with Gasteiger partial charge in [0, 0.05) is 4.90 Å². The second-order valence-corrected chi connectivity index (χ2v) is 7.21. The molecule has 120 valence electrons. The summed E-state index contributed by atoms with van der Waals surface area (Å²) in [5.74, 6) is 0. The Morgan fingerprint density at radius 3 is 2.48 bits per heavy atom.